The van der Waals surface area contributed by atoms with Crippen molar-refractivity contribution in [3.8, 4) is 0 Å². The van der Waals surface area contributed by atoms with E-state index < -0.39 is 0 Å². The molecule has 1 aliphatic heterocycles. The first kappa shape index (κ1) is 17.9. The van der Waals surface area contributed by atoms with Crippen LogP contribution in [0.5, 0.6) is 0 Å². The van der Waals surface area contributed by atoms with Gasteiger partial charge in [0.1, 0.15) is 5.69 Å². The summed E-state index contributed by atoms with van der Waals surface area (Å²) in [5.41, 5.74) is 0.634. The number of halogens is 1. The van der Waals surface area contributed by atoms with E-state index in [1.165, 1.54) is 0 Å². The molecule has 0 atom stereocenters. The number of nitrogens with one attached hydrogen (secondary N) is 1. The van der Waals surface area contributed by atoms with Crippen LogP contribution >= 0.6 is 22.6 Å². The second kappa shape index (κ2) is 8.44. The molecule has 8 heteroatoms. The number of piperidine rings is 1. The van der Waals surface area contributed by atoms with Crippen molar-refractivity contribution in [2.45, 2.75) is 25.3 Å². The Hall–Kier alpha value is -1.42. The van der Waals surface area contributed by atoms with E-state index in [9.17, 15) is 14.9 Å². The predicted octanol–water partition coefficient (Wildman–Crippen LogP) is 2.64. The molecular formula is C15H20IN3O4. The molecule has 1 heterocycles. The lowest BCUT2D eigenvalue weighted by Crippen LogP contribution is -2.42. The van der Waals surface area contributed by atoms with E-state index in [4.69, 9.17) is 4.74 Å². The summed E-state index contributed by atoms with van der Waals surface area (Å²) in [5, 5.41) is 14.4. The molecule has 126 valence electrons. The molecule has 0 saturated carbocycles. The average molecular weight is 433 g/mol. The maximum Gasteiger partial charge on any atom is 0.293 e. The van der Waals surface area contributed by atoms with Crippen LogP contribution in [0, 0.1) is 13.7 Å². The zero-order valence-electron chi connectivity index (χ0n) is 13.0. The summed E-state index contributed by atoms with van der Waals surface area (Å²) in [6, 6.07) is 5.29. The van der Waals surface area contributed by atoms with Crippen molar-refractivity contribution in [1.82, 2.24) is 4.90 Å². The molecule has 0 unspecified atom stereocenters. The van der Waals surface area contributed by atoms with Crippen molar-refractivity contribution >= 4 is 39.9 Å². The average Bonchev–Trinajstić information content (AvgIpc) is 2.54. The van der Waals surface area contributed by atoms with Gasteiger partial charge in [0.05, 0.1) is 18.0 Å². The molecule has 1 aromatic rings. The Morgan fingerprint density at radius 1 is 1.48 bits per heavy atom. The van der Waals surface area contributed by atoms with E-state index in [2.05, 4.69) is 27.9 Å². The number of amides is 1. The lowest BCUT2D eigenvalue weighted by Gasteiger charge is -2.32. The van der Waals surface area contributed by atoms with Crippen LogP contribution in [0.25, 0.3) is 0 Å². The fourth-order valence-electron chi connectivity index (χ4n) is 2.62. The number of benzene rings is 1. The van der Waals surface area contributed by atoms with Gasteiger partial charge in [0, 0.05) is 35.9 Å². The molecule has 1 aliphatic rings. The first-order chi connectivity index (χ1) is 11.0. The number of likely N-dealkylation sites (tertiary alicyclic amines) is 1. The van der Waals surface area contributed by atoms with Gasteiger partial charge in [-0.25, -0.2) is 0 Å². The third-order valence-corrected chi connectivity index (χ3v) is 4.55. The number of hydrogen-bond donors (Lipinski definition) is 1. The second-order valence-corrected chi connectivity index (χ2v) is 6.71. The maximum absolute atomic E-state index is 11.9. The fourth-order valence-corrected chi connectivity index (χ4v) is 3.09. The summed E-state index contributed by atoms with van der Waals surface area (Å²) < 4.78 is 5.76. The number of hydrogen-bond acceptors (Lipinski definition) is 5. The van der Waals surface area contributed by atoms with Gasteiger partial charge in [-0.2, -0.15) is 0 Å². The van der Waals surface area contributed by atoms with Crippen LogP contribution in [-0.4, -0.2) is 48.6 Å². The van der Waals surface area contributed by atoms with Crippen LogP contribution in [0.15, 0.2) is 18.2 Å². The highest BCUT2D eigenvalue weighted by Crippen LogP contribution is 2.28. The number of carbonyl (C=O) groups excluding carboxylic acids is 1. The van der Waals surface area contributed by atoms with Crippen LogP contribution in [0.1, 0.15) is 19.3 Å². The number of methoxy groups -OCH3 is 1. The van der Waals surface area contributed by atoms with Gasteiger partial charge in [-0.15, -0.1) is 0 Å². The van der Waals surface area contributed by atoms with E-state index in [0.29, 0.717) is 31.8 Å². The molecule has 1 aromatic carbocycles. The third kappa shape index (κ3) is 5.03. The number of nitrogens with zero attached hydrogens (tertiary/aromatic N) is 2. The lowest BCUT2D eigenvalue weighted by molar-refractivity contribution is -0.384. The number of nitro groups is 1. The fraction of sp³-hybridized carbons (Fsp3) is 0.533. The minimum Gasteiger partial charge on any atom is -0.384 e. The molecule has 1 amide bonds. The van der Waals surface area contributed by atoms with Gasteiger partial charge in [0.15, 0.2) is 0 Å². The van der Waals surface area contributed by atoms with E-state index in [1.807, 2.05) is 11.0 Å². The molecule has 0 radical (unpaired) electrons. The molecule has 0 aliphatic carbocycles. The topological polar surface area (TPSA) is 84.7 Å². The van der Waals surface area contributed by atoms with Gasteiger partial charge >= 0.3 is 0 Å². The van der Waals surface area contributed by atoms with Crippen LogP contribution in [-0.2, 0) is 9.53 Å². The van der Waals surface area contributed by atoms with Gasteiger partial charge in [0.25, 0.3) is 5.69 Å². The minimum absolute atomic E-state index is 0.0931. The van der Waals surface area contributed by atoms with Crippen molar-refractivity contribution in [3.05, 3.63) is 31.9 Å². The number of nitro benzene ring substituents is 1. The largest absolute Gasteiger partial charge is 0.384 e. The Morgan fingerprint density at radius 3 is 2.78 bits per heavy atom. The van der Waals surface area contributed by atoms with E-state index in [-0.39, 0.29) is 22.6 Å². The Labute approximate surface area is 148 Å². The second-order valence-electron chi connectivity index (χ2n) is 5.46. The minimum atomic E-state index is -0.367. The van der Waals surface area contributed by atoms with Crippen molar-refractivity contribution in [2.75, 3.05) is 32.1 Å². The van der Waals surface area contributed by atoms with Crippen LogP contribution in [0.3, 0.4) is 0 Å². The summed E-state index contributed by atoms with van der Waals surface area (Å²) >= 11 is 2.06. The molecule has 1 N–H and O–H groups in total. The molecular weight excluding hydrogens is 413 g/mol. The number of carbonyl (C=O) groups is 1. The van der Waals surface area contributed by atoms with Gasteiger partial charge in [-0.05, 0) is 47.6 Å². The van der Waals surface area contributed by atoms with Gasteiger partial charge in [0.2, 0.25) is 5.91 Å². The molecule has 0 spiro atoms. The van der Waals surface area contributed by atoms with Gasteiger partial charge in [-0.1, -0.05) is 0 Å². The van der Waals surface area contributed by atoms with Crippen LogP contribution in [0.2, 0.25) is 0 Å². The van der Waals surface area contributed by atoms with Crippen molar-refractivity contribution in [2.24, 2.45) is 0 Å². The zero-order chi connectivity index (χ0) is 16.8. The highest BCUT2D eigenvalue weighted by Gasteiger charge is 2.24. The Balaban J connectivity index is 1.92. The van der Waals surface area contributed by atoms with Crippen molar-refractivity contribution < 1.29 is 14.5 Å². The van der Waals surface area contributed by atoms with Crippen LogP contribution in [0.4, 0.5) is 11.4 Å². The molecule has 7 nitrogen and oxygen atoms in total. The summed E-state index contributed by atoms with van der Waals surface area (Å²) in [6.07, 6.45) is 1.96. The van der Waals surface area contributed by atoms with Gasteiger partial charge < -0.3 is 15.0 Å². The highest BCUT2D eigenvalue weighted by molar-refractivity contribution is 14.1. The summed E-state index contributed by atoms with van der Waals surface area (Å²) in [7, 11) is 1.58. The summed E-state index contributed by atoms with van der Waals surface area (Å²) in [5.74, 6) is 0.102. The molecule has 2 rings (SSSR count). The molecule has 23 heavy (non-hydrogen) atoms. The first-order valence-electron chi connectivity index (χ1n) is 7.48. The summed E-state index contributed by atoms with van der Waals surface area (Å²) in [6.45, 7) is 1.77. The number of anilines is 1. The molecule has 1 saturated heterocycles. The standard InChI is InChI=1S/C15H20IN3O4/c1-23-9-6-15(20)18-7-4-12(5-8-18)17-13-3-2-11(16)10-14(13)19(21)22/h2-3,10,12,17H,4-9H2,1H3. The van der Waals surface area contributed by atoms with Crippen molar-refractivity contribution in [1.29, 1.82) is 0 Å². The normalized spacial score (nSPS) is 15.5. The highest BCUT2D eigenvalue weighted by atomic mass is 127. The van der Waals surface area contributed by atoms with Crippen molar-refractivity contribution in [3.63, 3.8) is 0 Å². The molecule has 0 aromatic heterocycles. The Bertz CT molecular complexity index is 574. The quantitative estimate of drug-likeness (QED) is 0.424. The Kier molecular flexibility index (Phi) is 6.58. The lowest BCUT2D eigenvalue weighted by atomic mass is 10.0. The number of ether oxygens (including phenoxy) is 1. The third-order valence-electron chi connectivity index (χ3n) is 3.88. The van der Waals surface area contributed by atoms with Gasteiger partial charge in [-0.3, -0.25) is 14.9 Å². The predicted molar refractivity (Wildman–Crippen MR) is 95.5 cm³/mol. The molecule has 1 fully saturated rings. The van der Waals surface area contributed by atoms with E-state index in [0.717, 1.165) is 16.4 Å². The maximum atomic E-state index is 11.9. The SMILES string of the molecule is COCCC(=O)N1CCC(Nc2ccc(I)cc2[N+](=O)[O-])CC1. The monoisotopic (exact) mass is 433 g/mol. The first-order valence-corrected chi connectivity index (χ1v) is 8.56. The number of rotatable bonds is 6. The van der Waals surface area contributed by atoms with E-state index >= 15 is 0 Å². The van der Waals surface area contributed by atoms with E-state index in [1.54, 1.807) is 19.2 Å². The molecule has 0 bridgehead atoms. The Morgan fingerprint density at radius 2 is 2.17 bits per heavy atom. The smallest absolute Gasteiger partial charge is 0.293 e. The summed E-state index contributed by atoms with van der Waals surface area (Å²) in [4.78, 5) is 24.6. The van der Waals surface area contributed by atoms with Crippen LogP contribution < -0.4 is 5.32 Å². The zero-order valence-corrected chi connectivity index (χ0v) is 15.1.